The van der Waals surface area contributed by atoms with Crippen molar-refractivity contribution >= 4 is 0 Å². The molecule has 4 rings (SSSR count). The highest BCUT2D eigenvalue weighted by molar-refractivity contribution is 5.20. The van der Waals surface area contributed by atoms with Crippen LogP contribution in [0.4, 0.5) is 0 Å². The first-order valence-corrected chi connectivity index (χ1v) is 10.3. The van der Waals surface area contributed by atoms with Crippen LogP contribution in [0, 0.1) is 5.92 Å². The zero-order chi connectivity index (χ0) is 17.1. The van der Waals surface area contributed by atoms with Crippen LogP contribution in [-0.2, 0) is 9.47 Å². The van der Waals surface area contributed by atoms with Crippen molar-refractivity contribution in [2.24, 2.45) is 5.92 Å². The van der Waals surface area contributed by atoms with E-state index in [0.717, 1.165) is 31.9 Å². The quantitative estimate of drug-likeness (QED) is 0.865. The second kappa shape index (κ2) is 7.77. The molecule has 3 nitrogen and oxygen atoms in total. The van der Waals surface area contributed by atoms with Gasteiger partial charge in [-0.2, -0.15) is 0 Å². The third-order valence-electron chi connectivity index (χ3n) is 6.58. The highest BCUT2D eigenvalue weighted by Gasteiger charge is 2.44. The van der Waals surface area contributed by atoms with E-state index >= 15 is 0 Å². The maximum Gasteiger partial charge on any atom is 0.169 e. The van der Waals surface area contributed by atoms with Gasteiger partial charge in [-0.25, -0.2) is 0 Å². The molecule has 0 radical (unpaired) electrons. The molecule has 138 valence electrons. The van der Waals surface area contributed by atoms with Crippen molar-refractivity contribution in [3.63, 3.8) is 0 Å². The van der Waals surface area contributed by atoms with Gasteiger partial charge in [-0.1, -0.05) is 37.3 Å². The Morgan fingerprint density at radius 3 is 2.44 bits per heavy atom. The molecule has 1 atom stereocenters. The molecule has 25 heavy (non-hydrogen) atoms. The van der Waals surface area contributed by atoms with Gasteiger partial charge in [0.05, 0.1) is 12.7 Å². The van der Waals surface area contributed by atoms with Crippen LogP contribution < -0.4 is 5.32 Å². The van der Waals surface area contributed by atoms with Gasteiger partial charge in [-0.3, -0.25) is 0 Å². The first-order chi connectivity index (χ1) is 12.2. The van der Waals surface area contributed by atoms with Crippen LogP contribution in [0.3, 0.4) is 0 Å². The third kappa shape index (κ3) is 4.27. The second-order valence-electron chi connectivity index (χ2n) is 8.51. The lowest BCUT2D eigenvalue weighted by Gasteiger charge is -2.36. The van der Waals surface area contributed by atoms with Crippen LogP contribution in [0.15, 0.2) is 30.3 Å². The minimum atomic E-state index is -0.293. The molecule has 1 heterocycles. The summed E-state index contributed by atoms with van der Waals surface area (Å²) in [5.74, 6) is 1.28. The van der Waals surface area contributed by atoms with E-state index < -0.39 is 0 Å². The summed E-state index contributed by atoms with van der Waals surface area (Å²) in [6.07, 6.45) is 10.0. The highest BCUT2D eigenvalue weighted by atomic mass is 16.7. The molecule has 1 N–H and O–H groups in total. The summed E-state index contributed by atoms with van der Waals surface area (Å²) in [5, 5.41) is 3.74. The van der Waals surface area contributed by atoms with E-state index in [1.165, 1.54) is 44.1 Å². The van der Waals surface area contributed by atoms with Crippen molar-refractivity contribution in [3.05, 3.63) is 35.9 Å². The number of benzene rings is 1. The Bertz CT molecular complexity index is 530. The maximum atomic E-state index is 6.40. The predicted molar refractivity (Wildman–Crippen MR) is 101 cm³/mol. The Morgan fingerprint density at radius 2 is 1.72 bits per heavy atom. The molecule has 0 amide bonds. The third-order valence-corrected chi connectivity index (χ3v) is 6.58. The summed E-state index contributed by atoms with van der Waals surface area (Å²) < 4.78 is 12.6. The van der Waals surface area contributed by atoms with E-state index in [9.17, 15) is 0 Å². The van der Waals surface area contributed by atoms with Gasteiger partial charge < -0.3 is 14.8 Å². The van der Waals surface area contributed by atoms with Gasteiger partial charge in [0, 0.05) is 25.4 Å². The molecule has 1 spiro atoms. The molecule has 0 aromatic heterocycles. The van der Waals surface area contributed by atoms with E-state index in [1.807, 2.05) is 0 Å². The van der Waals surface area contributed by atoms with Crippen LogP contribution in [0.1, 0.15) is 69.8 Å². The molecule has 3 aliphatic rings. The summed E-state index contributed by atoms with van der Waals surface area (Å²) in [7, 11) is 0. The average molecular weight is 344 g/mol. The fourth-order valence-corrected chi connectivity index (χ4v) is 4.86. The molecule has 1 unspecified atom stereocenters. The van der Waals surface area contributed by atoms with Crippen LogP contribution in [0.5, 0.6) is 0 Å². The predicted octanol–water partition coefficient (Wildman–Crippen LogP) is 4.62. The monoisotopic (exact) mass is 343 g/mol. The van der Waals surface area contributed by atoms with Crippen LogP contribution in [0.25, 0.3) is 0 Å². The lowest BCUT2D eigenvalue weighted by atomic mass is 9.81. The molecule has 3 fully saturated rings. The average Bonchev–Trinajstić information content (AvgIpc) is 3.05. The molecule has 2 saturated carbocycles. The van der Waals surface area contributed by atoms with Crippen molar-refractivity contribution in [2.45, 2.75) is 82.1 Å². The molecule has 1 saturated heterocycles. The summed E-state index contributed by atoms with van der Waals surface area (Å²) in [4.78, 5) is 0. The van der Waals surface area contributed by atoms with Gasteiger partial charge in [0.15, 0.2) is 5.79 Å². The van der Waals surface area contributed by atoms with Crippen molar-refractivity contribution in [1.29, 1.82) is 0 Å². The van der Waals surface area contributed by atoms with E-state index in [2.05, 4.69) is 42.6 Å². The first-order valence-electron chi connectivity index (χ1n) is 10.3. The molecule has 1 aromatic rings. The lowest BCUT2D eigenvalue weighted by molar-refractivity contribution is -0.188. The van der Waals surface area contributed by atoms with Gasteiger partial charge in [0.2, 0.25) is 0 Å². The Kier molecular flexibility index (Phi) is 5.44. The van der Waals surface area contributed by atoms with Gasteiger partial charge in [0.1, 0.15) is 0 Å². The summed E-state index contributed by atoms with van der Waals surface area (Å²) in [5.41, 5.74) is 1.47. The summed E-state index contributed by atoms with van der Waals surface area (Å²) >= 11 is 0. The van der Waals surface area contributed by atoms with Crippen LogP contribution in [-0.4, -0.2) is 31.1 Å². The topological polar surface area (TPSA) is 30.5 Å². The largest absolute Gasteiger partial charge is 0.347 e. The standard InChI is InChI=1S/C22H33NO2/c1-17-7-9-20(10-8-17)23-15-21-16-24-22(25-21)13-11-19(12-14-22)18-5-3-2-4-6-18/h2-6,17,19-21,23H,7-16H2,1H3. The summed E-state index contributed by atoms with van der Waals surface area (Å²) in [6.45, 7) is 4.08. The number of hydrogen-bond donors (Lipinski definition) is 1. The normalized spacial score (nSPS) is 38.9. The molecule has 0 bridgehead atoms. The Morgan fingerprint density at radius 1 is 1.00 bits per heavy atom. The van der Waals surface area contributed by atoms with Crippen molar-refractivity contribution in [1.82, 2.24) is 5.32 Å². The van der Waals surface area contributed by atoms with E-state index in [-0.39, 0.29) is 11.9 Å². The Labute approximate surface area is 152 Å². The first kappa shape index (κ1) is 17.5. The highest BCUT2D eigenvalue weighted by Crippen LogP contribution is 2.43. The van der Waals surface area contributed by atoms with Crippen molar-refractivity contribution < 1.29 is 9.47 Å². The van der Waals surface area contributed by atoms with Crippen molar-refractivity contribution in [3.8, 4) is 0 Å². The molecular formula is C22H33NO2. The van der Waals surface area contributed by atoms with E-state index in [0.29, 0.717) is 12.0 Å². The molecule has 2 aliphatic carbocycles. The molecular weight excluding hydrogens is 310 g/mol. The molecule has 1 aromatic carbocycles. The Hall–Kier alpha value is -0.900. The SMILES string of the molecule is CC1CCC(NCC2COC3(CCC(c4ccccc4)CC3)O2)CC1. The smallest absolute Gasteiger partial charge is 0.169 e. The van der Waals surface area contributed by atoms with Gasteiger partial charge in [0.25, 0.3) is 0 Å². The van der Waals surface area contributed by atoms with Gasteiger partial charge >= 0.3 is 0 Å². The van der Waals surface area contributed by atoms with Gasteiger partial charge in [-0.05, 0) is 55.9 Å². The fraction of sp³-hybridized carbons (Fsp3) is 0.727. The molecule has 1 aliphatic heterocycles. The number of nitrogens with one attached hydrogen (secondary N) is 1. The van der Waals surface area contributed by atoms with Gasteiger partial charge in [-0.15, -0.1) is 0 Å². The van der Waals surface area contributed by atoms with E-state index in [4.69, 9.17) is 9.47 Å². The van der Waals surface area contributed by atoms with Crippen molar-refractivity contribution in [2.75, 3.05) is 13.2 Å². The van der Waals surface area contributed by atoms with Crippen LogP contribution in [0.2, 0.25) is 0 Å². The number of ether oxygens (including phenoxy) is 2. The Balaban J connectivity index is 1.23. The lowest BCUT2D eigenvalue weighted by Crippen LogP contribution is -2.40. The van der Waals surface area contributed by atoms with Crippen LogP contribution >= 0.6 is 0 Å². The number of hydrogen-bond acceptors (Lipinski definition) is 3. The fourth-order valence-electron chi connectivity index (χ4n) is 4.86. The second-order valence-corrected chi connectivity index (χ2v) is 8.51. The number of rotatable bonds is 4. The zero-order valence-electron chi connectivity index (χ0n) is 15.6. The minimum absolute atomic E-state index is 0.229. The molecule has 3 heteroatoms. The summed E-state index contributed by atoms with van der Waals surface area (Å²) in [6, 6.07) is 11.6. The minimum Gasteiger partial charge on any atom is -0.347 e. The zero-order valence-corrected chi connectivity index (χ0v) is 15.6. The van der Waals surface area contributed by atoms with E-state index in [1.54, 1.807) is 0 Å². The maximum absolute atomic E-state index is 6.40.